The second-order valence-electron chi connectivity index (χ2n) is 14.2. The van der Waals surface area contributed by atoms with E-state index in [1.165, 1.54) is 13.8 Å². The SMILES string of the molecule is C=C(C)C1CC=C(C(=O)SCCNC(=O)CCNC(=O)[C@H](O)C(C)(C)COP(=O)([O-])OP(=O)([O-])OC[C@H]2O[C@@H](n3cnc4c(N)ncnc43)[C@H](O)[C@@H]2OP(=O)([O-])[O-])CC1. The molecule has 6 N–H and O–H groups in total. The second kappa shape index (κ2) is 20.3. The number of anilines is 1. The summed E-state index contributed by atoms with van der Waals surface area (Å²) in [4.78, 5) is 96.8. The van der Waals surface area contributed by atoms with Gasteiger partial charge >= 0.3 is 0 Å². The van der Waals surface area contributed by atoms with Crippen molar-refractivity contribution in [3.8, 4) is 0 Å². The monoisotopic (exact) mass is 911 g/mol. The predicted octanol–water partition coefficient (Wildman–Crippen LogP) is -1.56. The molecule has 2 aliphatic rings. The lowest BCUT2D eigenvalue weighted by atomic mass is 9.86. The number of nitrogens with one attached hydrogen (secondary N) is 2. The van der Waals surface area contributed by atoms with Crippen LogP contribution in [0.15, 0.2) is 36.5 Å². The van der Waals surface area contributed by atoms with Gasteiger partial charge in [-0.15, -0.1) is 0 Å². The number of thioether (sulfide) groups is 1. The van der Waals surface area contributed by atoms with E-state index in [2.05, 4.69) is 50.0 Å². The molecule has 0 aromatic carbocycles. The number of hydrogen-bond acceptors (Lipinski definition) is 22. The number of ether oxygens (including phenoxy) is 1. The molecule has 2 amide bonds. The van der Waals surface area contributed by atoms with Crippen LogP contribution >= 0.6 is 35.2 Å². The molecule has 3 heterocycles. The predicted molar refractivity (Wildman–Crippen MR) is 198 cm³/mol. The van der Waals surface area contributed by atoms with Gasteiger partial charge in [0.25, 0.3) is 15.6 Å². The zero-order valence-electron chi connectivity index (χ0n) is 31.9. The van der Waals surface area contributed by atoms with Gasteiger partial charge in [0.1, 0.15) is 36.3 Å². The fourth-order valence-corrected chi connectivity index (χ4v) is 9.31. The summed E-state index contributed by atoms with van der Waals surface area (Å²) in [5.74, 6) is -0.851. The molecule has 0 saturated carbocycles. The van der Waals surface area contributed by atoms with Crippen LogP contribution in [0.5, 0.6) is 0 Å². The standard InChI is InChI=1S/C31H48N7O17P3S/c1-17(2)18-5-7-19(8-6-18)30(43)59-12-11-33-21(39)9-10-34-28(42)25(41)31(3,4)14-52-58(49,50)55-57(47,48)51-13-20-24(54-56(44,45)46)23(40)29(53-20)38-16-37-22-26(32)35-15-36-27(22)38/h7,15-16,18,20,23-25,29,40-41H,1,5-6,8-14H2,2-4H3,(H,33,39)(H,34,42)(H,47,48)(H,49,50)(H2,32,35,36)(H2,44,45,46)/p-4/t18?,20-,23-,24-,25+,29-/m1/s1. The average molecular weight is 912 g/mol. The highest BCUT2D eigenvalue weighted by molar-refractivity contribution is 8.14. The number of nitrogens with zero attached hydrogens (tertiary/aromatic N) is 4. The Hall–Kier alpha value is -2.96. The van der Waals surface area contributed by atoms with Crippen molar-refractivity contribution in [2.24, 2.45) is 11.3 Å². The topological polar surface area (TPSA) is 375 Å². The van der Waals surface area contributed by atoms with Gasteiger partial charge < -0.3 is 69.0 Å². The minimum absolute atomic E-state index is 0.0216. The normalized spacial score (nSPS) is 23.8. The summed E-state index contributed by atoms with van der Waals surface area (Å²) in [6.45, 7) is 6.02. The molecule has 28 heteroatoms. The van der Waals surface area contributed by atoms with Crippen LogP contribution in [-0.4, -0.2) is 103 Å². The molecule has 1 aliphatic carbocycles. The number of imidazole rings is 1. The lowest BCUT2D eigenvalue weighted by Gasteiger charge is -2.36. The van der Waals surface area contributed by atoms with E-state index in [0.717, 1.165) is 53.0 Å². The van der Waals surface area contributed by atoms with E-state index in [0.29, 0.717) is 18.1 Å². The summed E-state index contributed by atoms with van der Waals surface area (Å²) in [5.41, 5.74) is 5.90. The second-order valence-corrected chi connectivity index (χ2v) is 19.3. The van der Waals surface area contributed by atoms with Crippen molar-refractivity contribution in [3.05, 3.63) is 36.5 Å². The number of rotatable bonds is 21. The molecular formula is C31H44N7O17P3S-4. The molecule has 3 unspecified atom stereocenters. The Balaban J connectivity index is 1.21. The van der Waals surface area contributed by atoms with Crippen molar-refractivity contribution in [3.63, 3.8) is 0 Å². The third kappa shape index (κ3) is 14.0. The Morgan fingerprint density at radius 3 is 2.46 bits per heavy atom. The Labute approximate surface area is 341 Å². The van der Waals surface area contributed by atoms with Crippen LogP contribution < -0.4 is 35.9 Å². The molecule has 1 saturated heterocycles. The molecule has 2 aromatic heterocycles. The maximum Gasteiger partial charge on any atom is 0.274 e. The molecule has 1 fully saturated rings. The van der Waals surface area contributed by atoms with Gasteiger partial charge in [-0.05, 0) is 32.1 Å². The first kappa shape index (κ1) is 48.7. The van der Waals surface area contributed by atoms with E-state index in [-0.39, 0.29) is 41.6 Å². The number of aromatic nitrogens is 4. The maximum atomic E-state index is 12.6. The molecule has 24 nitrogen and oxygen atoms in total. The fourth-order valence-electron chi connectivity index (χ4n) is 5.81. The number of phosphoric ester groups is 3. The molecule has 330 valence electrons. The fraction of sp³-hybridized carbons (Fsp3) is 0.613. The zero-order valence-corrected chi connectivity index (χ0v) is 35.4. The Kier molecular flexibility index (Phi) is 16.7. The first-order valence-corrected chi connectivity index (χ1v) is 23.1. The van der Waals surface area contributed by atoms with Crippen LogP contribution in [0.1, 0.15) is 52.7 Å². The van der Waals surface area contributed by atoms with Crippen molar-refractivity contribution < 1.29 is 80.5 Å². The third-order valence-electron chi connectivity index (χ3n) is 9.08. The molecule has 59 heavy (non-hydrogen) atoms. The van der Waals surface area contributed by atoms with Gasteiger partial charge in [0, 0.05) is 36.3 Å². The van der Waals surface area contributed by atoms with Crippen LogP contribution in [0.25, 0.3) is 11.2 Å². The van der Waals surface area contributed by atoms with Crippen molar-refractivity contribution in [2.75, 3.05) is 37.8 Å². The molecule has 2 aromatic rings. The lowest BCUT2D eigenvalue weighted by Crippen LogP contribution is -2.46. The van der Waals surface area contributed by atoms with E-state index in [1.54, 1.807) is 0 Å². The summed E-state index contributed by atoms with van der Waals surface area (Å²) in [6.07, 6.45) is -3.37. The molecule has 0 bridgehead atoms. The van der Waals surface area contributed by atoms with E-state index in [9.17, 15) is 57.9 Å². The minimum Gasteiger partial charge on any atom is -0.790 e. The molecule has 4 rings (SSSR count). The van der Waals surface area contributed by atoms with Crippen molar-refractivity contribution in [1.82, 2.24) is 30.2 Å². The van der Waals surface area contributed by atoms with Crippen LogP contribution in [-0.2, 0) is 50.7 Å². The number of phosphoric acid groups is 3. The molecule has 1 aliphatic heterocycles. The number of aliphatic hydroxyl groups excluding tert-OH is 2. The van der Waals surface area contributed by atoms with Crippen molar-refractivity contribution >= 4 is 69.1 Å². The van der Waals surface area contributed by atoms with E-state index in [1.807, 2.05) is 13.0 Å². The van der Waals surface area contributed by atoms with Gasteiger partial charge in [0.05, 0.1) is 27.4 Å². The lowest BCUT2D eigenvalue weighted by molar-refractivity contribution is -0.347. The maximum absolute atomic E-state index is 12.6. The number of amides is 2. The summed E-state index contributed by atoms with van der Waals surface area (Å²) in [6, 6.07) is 0. The largest absolute Gasteiger partial charge is 0.790 e. The van der Waals surface area contributed by atoms with Crippen LogP contribution in [0, 0.1) is 11.3 Å². The number of fused-ring (bicyclic) bond motifs is 1. The summed E-state index contributed by atoms with van der Waals surface area (Å²) in [5, 5.41) is 26.3. The third-order valence-corrected chi connectivity index (χ3v) is 13.0. The number of carbonyl (C=O) groups excluding carboxylic acids is 3. The highest BCUT2D eigenvalue weighted by Gasteiger charge is 2.47. The Morgan fingerprint density at radius 2 is 1.81 bits per heavy atom. The first-order chi connectivity index (χ1) is 27.4. The van der Waals surface area contributed by atoms with Gasteiger partial charge in [-0.3, -0.25) is 28.1 Å². The van der Waals surface area contributed by atoms with Gasteiger partial charge in [-0.1, -0.05) is 43.8 Å². The number of nitrogens with two attached hydrogens (primary N) is 1. The average Bonchev–Trinajstić information content (AvgIpc) is 3.71. The summed E-state index contributed by atoms with van der Waals surface area (Å²) >= 11 is 1.08. The molecule has 0 spiro atoms. The summed E-state index contributed by atoms with van der Waals surface area (Å²) in [7, 11) is -17.6. The number of carbonyl (C=O) groups is 3. The van der Waals surface area contributed by atoms with Gasteiger partial charge in [-0.2, -0.15) is 0 Å². The first-order valence-electron chi connectivity index (χ1n) is 17.7. The molecule has 8 atom stereocenters. The van der Waals surface area contributed by atoms with Gasteiger partial charge in [0.15, 0.2) is 17.7 Å². The van der Waals surface area contributed by atoms with E-state index in [4.69, 9.17) is 10.5 Å². The van der Waals surface area contributed by atoms with Crippen LogP contribution in [0.4, 0.5) is 5.82 Å². The zero-order chi connectivity index (χ0) is 43.9. The van der Waals surface area contributed by atoms with Crippen LogP contribution in [0.3, 0.4) is 0 Å². The quantitative estimate of drug-likeness (QED) is 0.0537. The van der Waals surface area contributed by atoms with Gasteiger partial charge in [0.2, 0.25) is 16.9 Å². The van der Waals surface area contributed by atoms with E-state index >= 15 is 0 Å². The number of aliphatic hydroxyl groups is 2. The minimum atomic E-state index is -5.92. The van der Waals surface area contributed by atoms with Crippen molar-refractivity contribution in [1.29, 1.82) is 0 Å². The number of hydrogen-bond donors (Lipinski definition) is 5. The smallest absolute Gasteiger partial charge is 0.274 e. The number of nitrogen functional groups attached to an aromatic ring is 1. The van der Waals surface area contributed by atoms with Gasteiger partial charge in [-0.25, -0.2) is 19.3 Å². The Bertz CT molecular complexity index is 2050. The highest BCUT2D eigenvalue weighted by atomic mass is 32.2. The van der Waals surface area contributed by atoms with E-state index < -0.39 is 84.6 Å². The molecular weight excluding hydrogens is 867 g/mol. The number of allylic oxidation sites excluding steroid dienone is 2. The van der Waals surface area contributed by atoms with Crippen LogP contribution in [0.2, 0.25) is 0 Å². The summed E-state index contributed by atoms with van der Waals surface area (Å²) < 4.78 is 60.6. The Morgan fingerprint density at radius 1 is 1.12 bits per heavy atom. The highest BCUT2D eigenvalue weighted by Crippen LogP contribution is 2.56. The molecule has 0 radical (unpaired) electrons. The van der Waals surface area contributed by atoms with Crippen molar-refractivity contribution in [2.45, 2.75) is 77.1 Å².